The number of rotatable bonds is 3. The Kier molecular flexibility index (Phi) is 3.68. The van der Waals surface area contributed by atoms with Crippen molar-refractivity contribution in [2.45, 2.75) is 6.92 Å². The van der Waals surface area contributed by atoms with Crippen molar-refractivity contribution in [1.29, 1.82) is 0 Å². The van der Waals surface area contributed by atoms with Gasteiger partial charge in [-0.25, -0.2) is 0 Å². The van der Waals surface area contributed by atoms with Crippen LogP contribution in [0.3, 0.4) is 0 Å². The van der Waals surface area contributed by atoms with Crippen molar-refractivity contribution in [3.8, 4) is 5.69 Å². The topological polar surface area (TPSA) is 17.0 Å². The SMILES string of the molecule is Cc1ccc2c(c1)c1cc(Nc3ccccc3)ccc1n2-c1ccccc1. The van der Waals surface area contributed by atoms with Crippen LogP contribution < -0.4 is 5.32 Å². The van der Waals surface area contributed by atoms with E-state index in [1.165, 1.54) is 33.1 Å². The molecular weight excluding hydrogens is 328 g/mol. The van der Waals surface area contributed by atoms with Crippen LogP contribution >= 0.6 is 0 Å². The number of benzene rings is 4. The number of hydrogen-bond acceptors (Lipinski definition) is 1. The molecule has 0 radical (unpaired) electrons. The lowest BCUT2D eigenvalue weighted by Gasteiger charge is -2.09. The third kappa shape index (κ3) is 2.76. The number of para-hydroxylation sites is 2. The molecule has 0 fully saturated rings. The highest BCUT2D eigenvalue weighted by Crippen LogP contribution is 2.34. The van der Waals surface area contributed by atoms with Crippen LogP contribution in [-0.2, 0) is 0 Å². The number of hydrogen-bond donors (Lipinski definition) is 1. The van der Waals surface area contributed by atoms with Gasteiger partial charge in [-0.05, 0) is 61.5 Å². The first-order chi connectivity index (χ1) is 13.3. The van der Waals surface area contributed by atoms with Crippen LogP contribution in [0.1, 0.15) is 5.56 Å². The first-order valence-corrected chi connectivity index (χ1v) is 9.22. The molecule has 0 amide bonds. The van der Waals surface area contributed by atoms with Crippen LogP contribution in [0.25, 0.3) is 27.5 Å². The van der Waals surface area contributed by atoms with E-state index in [1.54, 1.807) is 0 Å². The van der Waals surface area contributed by atoms with Gasteiger partial charge in [0.15, 0.2) is 0 Å². The molecule has 2 heteroatoms. The number of aromatic nitrogens is 1. The maximum absolute atomic E-state index is 3.52. The molecule has 0 unspecified atom stereocenters. The molecule has 1 aromatic heterocycles. The molecule has 0 atom stereocenters. The van der Waals surface area contributed by atoms with Crippen molar-refractivity contribution in [2.24, 2.45) is 0 Å². The van der Waals surface area contributed by atoms with Crippen molar-refractivity contribution in [3.05, 3.63) is 103 Å². The summed E-state index contributed by atoms with van der Waals surface area (Å²) in [6.07, 6.45) is 0. The van der Waals surface area contributed by atoms with Crippen molar-refractivity contribution < 1.29 is 0 Å². The van der Waals surface area contributed by atoms with E-state index < -0.39 is 0 Å². The molecule has 1 heterocycles. The molecule has 0 aliphatic heterocycles. The average Bonchev–Trinajstić information content (AvgIpc) is 3.02. The molecule has 0 saturated carbocycles. The van der Waals surface area contributed by atoms with Crippen LogP contribution in [0.5, 0.6) is 0 Å². The fourth-order valence-electron chi connectivity index (χ4n) is 3.76. The van der Waals surface area contributed by atoms with E-state index >= 15 is 0 Å². The summed E-state index contributed by atoms with van der Waals surface area (Å²) in [5, 5.41) is 6.06. The fourth-order valence-corrected chi connectivity index (χ4v) is 3.76. The second-order valence-electron chi connectivity index (χ2n) is 6.91. The second-order valence-corrected chi connectivity index (χ2v) is 6.91. The van der Waals surface area contributed by atoms with Gasteiger partial charge in [-0.2, -0.15) is 0 Å². The number of aryl methyl sites for hydroxylation is 1. The summed E-state index contributed by atoms with van der Waals surface area (Å²) in [4.78, 5) is 0. The standard InChI is InChI=1S/C25H20N2/c1-18-12-14-24-22(16-18)23-17-20(26-19-8-4-2-5-9-19)13-15-25(23)27(24)21-10-6-3-7-11-21/h2-17,26H,1H3. The molecule has 4 aromatic carbocycles. The normalized spacial score (nSPS) is 11.1. The van der Waals surface area contributed by atoms with Crippen molar-refractivity contribution in [2.75, 3.05) is 5.32 Å². The van der Waals surface area contributed by atoms with Gasteiger partial charge < -0.3 is 9.88 Å². The fraction of sp³-hybridized carbons (Fsp3) is 0.0400. The van der Waals surface area contributed by atoms with E-state index in [2.05, 4.69) is 95.7 Å². The largest absolute Gasteiger partial charge is 0.356 e. The summed E-state index contributed by atoms with van der Waals surface area (Å²) in [5.74, 6) is 0. The van der Waals surface area contributed by atoms with Crippen LogP contribution in [-0.4, -0.2) is 4.57 Å². The van der Waals surface area contributed by atoms with Gasteiger partial charge in [-0.15, -0.1) is 0 Å². The zero-order chi connectivity index (χ0) is 18.2. The lowest BCUT2D eigenvalue weighted by Crippen LogP contribution is -1.93. The van der Waals surface area contributed by atoms with E-state index in [1.807, 2.05) is 18.2 Å². The average molecular weight is 348 g/mol. The lowest BCUT2D eigenvalue weighted by atomic mass is 10.1. The predicted octanol–water partition coefficient (Wildman–Crippen LogP) is 6.84. The van der Waals surface area contributed by atoms with E-state index in [0.717, 1.165) is 11.4 Å². The van der Waals surface area contributed by atoms with E-state index in [9.17, 15) is 0 Å². The number of fused-ring (bicyclic) bond motifs is 3. The highest BCUT2D eigenvalue weighted by Gasteiger charge is 2.12. The second kappa shape index (κ2) is 6.33. The van der Waals surface area contributed by atoms with Gasteiger partial charge >= 0.3 is 0 Å². The molecule has 130 valence electrons. The monoisotopic (exact) mass is 348 g/mol. The summed E-state index contributed by atoms with van der Waals surface area (Å²) < 4.78 is 2.34. The maximum atomic E-state index is 3.52. The molecule has 5 aromatic rings. The predicted molar refractivity (Wildman–Crippen MR) is 115 cm³/mol. The van der Waals surface area contributed by atoms with Gasteiger partial charge in [0.1, 0.15) is 0 Å². The molecule has 0 aliphatic rings. The molecule has 0 saturated heterocycles. The van der Waals surface area contributed by atoms with E-state index in [-0.39, 0.29) is 0 Å². The summed E-state index contributed by atoms with van der Waals surface area (Å²) in [6, 6.07) is 34.2. The number of nitrogens with zero attached hydrogens (tertiary/aromatic N) is 1. The van der Waals surface area contributed by atoms with Crippen molar-refractivity contribution >= 4 is 33.2 Å². The Balaban J connectivity index is 1.75. The van der Waals surface area contributed by atoms with Crippen LogP contribution in [0.4, 0.5) is 11.4 Å². The lowest BCUT2D eigenvalue weighted by molar-refractivity contribution is 1.18. The van der Waals surface area contributed by atoms with E-state index in [0.29, 0.717) is 0 Å². The van der Waals surface area contributed by atoms with Crippen LogP contribution in [0, 0.1) is 6.92 Å². The van der Waals surface area contributed by atoms with Gasteiger partial charge in [0, 0.05) is 27.8 Å². The minimum atomic E-state index is 1.10. The van der Waals surface area contributed by atoms with Gasteiger partial charge in [-0.1, -0.05) is 48.0 Å². The van der Waals surface area contributed by atoms with Gasteiger partial charge in [0.25, 0.3) is 0 Å². The molecule has 0 bridgehead atoms. The molecule has 0 aliphatic carbocycles. The Morgan fingerprint density at radius 1 is 0.593 bits per heavy atom. The first-order valence-electron chi connectivity index (χ1n) is 9.22. The van der Waals surface area contributed by atoms with Gasteiger partial charge in [0.2, 0.25) is 0 Å². The van der Waals surface area contributed by atoms with Crippen LogP contribution in [0.2, 0.25) is 0 Å². The summed E-state index contributed by atoms with van der Waals surface area (Å²) in [7, 11) is 0. The number of nitrogens with one attached hydrogen (secondary N) is 1. The van der Waals surface area contributed by atoms with E-state index in [4.69, 9.17) is 0 Å². The van der Waals surface area contributed by atoms with Gasteiger partial charge in [0.05, 0.1) is 11.0 Å². The Hall–Kier alpha value is -3.52. The smallest absolute Gasteiger partial charge is 0.0542 e. The highest BCUT2D eigenvalue weighted by molar-refractivity contribution is 6.10. The maximum Gasteiger partial charge on any atom is 0.0542 e. The summed E-state index contributed by atoms with van der Waals surface area (Å²) in [5.41, 5.74) is 7.11. The van der Waals surface area contributed by atoms with Gasteiger partial charge in [-0.3, -0.25) is 0 Å². The summed E-state index contributed by atoms with van der Waals surface area (Å²) in [6.45, 7) is 2.15. The van der Waals surface area contributed by atoms with Crippen molar-refractivity contribution in [3.63, 3.8) is 0 Å². The zero-order valence-corrected chi connectivity index (χ0v) is 15.2. The number of anilines is 2. The summed E-state index contributed by atoms with van der Waals surface area (Å²) >= 11 is 0. The van der Waals surface area contributed by atoms with Crippen molar-refractivity contribution in [1.82, 2.24) is 4.57 Å². The molecule has 1 N–H and O–H groups in total. The molecular formula is C25H20N2. The molecule has 5 rings (SSSR count). The molecule has 0 spiro atoms. The Morgan fingerprint density at radius 2 is 1.22 bits per heavy atom. The minimum absolute atomic E-state index is 1.10. The van der Waals surface area contributed by atoms with Crippen LogP contribution in [0.15, 0.2) is 97.1 Å². The molecule has 2 nitrogen and oxygen atoms in total. The quantitative estimate of drug-likeness (QED) is 0.378. The third-order valence-corrected chi connectivity index (χ3v) is 5.00. The zero-order valence-electron chi connectivity index (χ0n) is 15.2. The Labute approximate surface area is 158 Å². The Morgan fingerprint density at radius 3 is 1.96 bits per heavy atom. The first kappa shape index (κ1) is 15.7. The molecule has 27 heavy (non-hydrogen) atoms. The third-order valence-electron chi connectivity index (χ3n) is 5.00. The Bertz CT molecular complexity index is 1240. The highest BCUT2D eigenvalue weighted by atomic mass is 15.0. The minimum Gasteiger partial charge on any atom is -0.356 e.